The molecule has 23 heavy (non-hydrogen) atoms. The number of ether oxygens (including phenoxy) is 1. The van der Waals surface area contributed by atoms with Crippen LogP contribution in [0.1, 0.15) is 39.7 Å². The van der Waals surface area contributed by atoms with Gasteiger partial charge >= 0.3 is 0 Å². The van der Waals surface area contributed by atoms with Gasteiger partial charge in [0.25, 0.3) is 0 Å². The van der Waals surface area contributed by atoms with E-state index in [0.717, 1.165) is 31.7 Å². The fraction of sp³-hybridized carbons (Fsp3) is 0.700. The molecule has 0 N–H and O–H groups in total. The second-order valence-electron chi connectivity index (χ2n) is 7.86. The van der Waals surface area contributed by atoms with Crippen molar-refractivity contribution in [3.05, 3.63) is 29.8 Å². The van der Waals surface area contributed by atoms with E-state index in [1.165, 1.54) is 38.3 Å². The van der Waals surface area contributed by atoms with Gasteiger partial charge in [-0.15, -0.1) is 0 Å². The number of hydrogen-bond donors (Lipinski definition) is 0. The molecule has 3 nitrogen and oxygen atoms in total. The summed E-state index contributed by atoms with van der Waals surface area (Å²) in [4.78, 5) is 5.08. The van der Waals surface area contributed by atoms with Crippen LogP contribution in [0, 0.1) is 5.41 Å². The zero-order chi connectivity index (χ0) is 16.7. The van der Waals surface area contributed by atoms with Crippen LogP contribution in [0.3, 0.4) is 0 Å². The van der Waals surface area contributed by atoms with Crippen molar-refractivity contribution in [3.8, 4) is 5.75 Å². The van der Waals surface area contributed by atoms with E-state index >= 15 is 0 Å². The Morgan fingerprint density at radius 3 is 2.39 bits per heavy atom. The lowest BCUT2D eigenvalue weighted by Crippen LogP contribution is -2.46. The molecule has 1 aliphatic rings. The van der Waals surface area contributed by atoms with Gasteiger partial charge in [0.2, 0.25) is 0 Å². The van der Waals surface area contributed by atoms with E-state index in [0.29, 0.717) is 5.41 Å². The Morgan fingerprint density at radius 1 is 1.04 bits per heavy atom. The van der Waals surface area contributed by atoms with Crippen LogP contribution in [0.25, 0.3) is 0 Å². The lowest BCUT2D eigenvalue weighted by Gasteiger charge is -2.33. The van der Waals surface area contributed by atoms with Gasteiger partial charge < -0.3 is 14.5 Å². The molecular formula is C20H34N2O. The maximum Gasteiger partial charge on any atom is 0.119 e. The van der Waals surface area contributed by atoms with Gasteiger partial charge in [0.15, 0.2) is 0 Å². The third-order valence-electron chi connectivity index (χ3n) is 4.43. The van der Waals surface area contributed by atoms with Gasteiger partial charge in [-0.05, 0) is 42.5 Å². The molecule has 0 unspecified atom stereocenters. The molecule has 0 spiro atoms. The molecule has 0 bridgehead atoms. The van der Waals surface area contributed by atoms with Gasteiger partial charge in [0.05, 0.1) is 6.61 Å². The molecule has 0 saturated carbocycles. The number of likely N-dealkylation sites (N-methyl/N-ethyl adjacent to an activating group) is 1. The summed E-state index contributed by atoms with van der Waals surface area (Å²) in [6.07, 6.45) is 2.20. The van der Waals surface area contributed by atoms with Gasteiger partial charge in [0, 0.05) is 32.7 Å². The number of rotatable bonds is 7. The highest BCUT2D eigenvalue weighted by Gasteiger charge is 2.15. The summed E-state index contributed by atoms with van der Waals surface area (Å²) >= 11 is 0. The predicted octanol–water partition coefficient (Wildman–Crippen LogP) is 3.68. The number of hydrogen-bond acceptors (Lipinski definition) is 3. The van der Waals surface area contributed by atoms with Crippen molar-refractivity contribution >= 4 is 0 Å². The fourth-order valence-electron chi connectivity index (χ4n) is 3.16. The highest BCUT2D eigenvalue weighted by molar-refractivity contribution is 5.29. The van der Waals surface area contributed by atoms with Crippen LogP contribution in [0.4, 0.5) is 0 Å². The Balaban J connectivity index is 1.67. The van der Waals surface area contributed by atoms with E-state index in [1.807, 2.05) is 0 Å². The Labute approximate surface area is 142 Å². The molecule has 0 atom stereocenters. The maximum atomic E-state index is 5.96. The molecule has 1 heterocycles. The third kappa shape index (κ3) is 6.92. The number of benzene rings is 1. The lowest BCUT2D eigenvalue weighted by atomic mass is 9.88. The highest BCUT2D eigenvalue weighted by Crippen LogP contribution is 2.23. The minimum absolute atomic E-state index is 0.319. The molecular weight excluding hydrogens is 284 g/mol. The van der Waals surface area contributed by atoms with Crippen molar-refractivity contribution in [2.75, 3.05) is 45.9 Å². The van der Waals surface area contributed by atoms with Crippen LogP contribution in [0.15, 0.2) is 24.3 Å². The summed E-state index contributed by atoms with van der Waals surface area (Å²) in [5, 5.41) is 0. The number of nitrogens with zero attached hydrogens (tertiary/aromatic N) is 2. The average Bonchev–Trinajstić information content (AvgIpc) is 2.51. The summed E-state index contributed by atoms with van der Waals surface area (Å²) in [5.74, 6) is 1.02. The minimum atomic E-state index is 0.319. The second kappa shape index (κ2) is 8.70. The zero-order valence-electron chi connectivity index (χ0n) is 15.5. The van der Waals surface area contributed by atoms with Crippen molar-refractivity contribution in [3.63, 3.8) is 0 Å². The molecule has 1 aromatic rings. The summed E-state index contributed by atoms with van der Waals surface area (Å²) in [7, 11) is 0. The molecule has 2 rings (SSSR count). The summed E-state index contributed by atoms with van der Waals surface area (Å²) in [6, 6.07) is 8.59. The van der Waals surface area contributed by atoms with Gasteiger partial charge in [-0.3, -0.25) is 0 Å². The molecule has 1 aliphatic heterocycles. The molecule has 0 aliphatic carbocycles. The first-order chi connectivity index (χ1) is 11.0. The van der Waals surface area contributed by atoms with Crippen LogP contribution in [-0.4, -0.2) is 55.7 Å². The van der Waals surface area contributed by atoms with Crippen LogP contribution in [0.2, 0.25) is 0 Å². The molecule has 1 aromatic carbocycles. The van der Waals surface area contributed by atoms with Crippen molar-refractivity contribution in [2.45, 2.75) is 40.5 Å². The van der Waals surface area contributed by atoms with Crippen molar-refractivity contribution in [1.82, 2.24) is 9.80 Å². The van der Waals surface area contributed by atoms with Gasteiger partial charge in [0.1, 0.15) is 5.75 Å². The molecule has 1 saturated heterocycles. The normalized spacial score (nSPS) is 17.4. The van der Waals surface area contributed by atoms with E-state index in [4.69, 9.17) is 4.74 Å². The van der Waals surface area contributed by atoms with Crippen LogP contribution in [0.5, 0.6) is 5.75 Å². The molecule has 3 heteroatoms. The van der Waals surface area contributed by atoms with E-state index in [1.54, 1.807) is 0 Å². The fourth-order valence-corrected chi connectivity index (χ4v) is 3.16. The second-order valence-corrected chi connectivity index (χ2v) is 7.86. The summed E-state index contributed by atoms with van der Waals surface area (Å²) < 4.78 is 5.96. The standard InChI is InChI=1S/C20H34N2O/c1-5-21-11-13-22(14-12-21)10-7-15-23-19-9-6-8-18(16-19)17-20(2,3)4/h6,8-9,16H,5,7,10-15,17H2,1-4H3. The smallest absolute Gasteiger partial charge is 0.119 e. The molecule has 1 fully saturated rings. The first-order valence-electron chi connectivity index (χ1n) is 9.13. The molecule has 0 aromatic heterocycles. The van der Waals surface area contributed by atoms with E-state index in [-0.39, 0.29) is 0 Å². The van der Waals surface area contributed by atoms with Gasteiger partial charge in [-0.25, -0.2) is 0 Å². The Bertz CT molecular complexity index is 459. The third-order valence-corrected chi connectivity index (χ3v) is 4.43. The SMILES string of the molecule is CCN1CCN(CCCOc2cccc(CC(C)(C)C)c2)CC1. The summed E-state index contributed by atoms with van der Waals surface area (Å²) in [6.45, 7) is 17.1. The lowest BCUT2D eigenvalue weighted by molar-refractivity contribution is 0.130. The van der Waals surface area contributed by atoms with E-state index in [9.17, 15) is 0 Å². The quantitative estimate of drug-likeness (QED) is 0.713. The summed E-state index contributed by atoms with van der Waals surface area (Å²) in [5.41, 5.74) is 1.69. The average molecular weight is 319 g/mol. The first kappa shape index (κ1) is 18.3. The zero-order valence-corrected chi connectivity index (χ0v) is 15.5. The topological polar surface area (TPSA) is 15.7 Å². The van der Waals surface area contributed by atoms with Crippen LogP contribution >= 0.6 is 0 Å². The number of piperazine rings is 1. The Hall–Kier alpha value is -1.06. The molecule has 130 valence electrons. The van der Waals surface area contributed by atoms with Gasteiger partial charge in [-0.1, -0.05) is 39.8 Å². The van der Waals surface area contributed by atoms with Crippen molar-refractivity contribution in [1.29, 1.82) is 0 Å². The maximum absolute atomic E-state index is 5.96. The van der Waals surface area contributed by atoms with Crippen LogP contribution in [-0.2, 0) is 6.42 Å². The van der Waals surface area contributed by atoms with Crippen molar-refractivity contribution < 1.29 is 4.74 Å². The Kier molecular flexibility index (Phi) is 6.91. The Morgan fingerprint density at radius 2 is 1.74 bits per heavy atom. The first-order valence-corrected chi connectivity index (χ1v) is 9.13. The van der Waals surface area contributed by atoms with Gasteiger partial charge in [-0.2, -0.15) is 0 Å². The van der Waals surface area contributed by atoms with E-state index in [2.05, 4.69) is 61.8 Å². The molecule has 0 amide bonds. The monoisotopic (exact) mass is 318 g/mol. The van der Waals surface area contributed by atoms with Crippen molar-refractivity contribution in [2.24, 2.45) is 5.41 Å². The highest BCUT2D eigenvalue weighted by atomic mass is 16.5. The molecule has 0 radical (unpaired) electrons. The predicted molar refractivity (Wildman–Crippen MR) is 98.3 cm³/mol. The largest absolute Gasteiger partial charge is 0.494 e. The van der Waals surface area contributed by atoms with E-state index < -0.39 is 0 Å². The van der Waals surface area contributed by atoms with Crippen LogP contribution < -0.4 is 4.74 Å². The minimum Gasteiger partial charge on any atom is -0.494 e.